The third-order valence-electron chi connectivity index (χ3n) is 11.1. The molecule has 6 aromatic carbocycles. The molecule has 1 unspecified atom stereocenters. The Morgan fingerprint density at radius 3 is 1.83 bits per heavy atom. The first-order chi connectivity index (χ1) is 24.0. The average Bonchev–Trinajstić information content (AvgIpc) is 3.79. The molecule has 3 heteroatoms. The van der Waals surface area contributed by atoms with E-state index in [1.54, 1.807) is 6.55 Å². The van der Waals surface area contributed by atoms with Gasteiger partial charge in [-0.25, -0.2) is 0 Å². The van der Waals surface area contributed by atoms with Gasteiger partial charge in [0.05, 0.1) is 0 Å². The Bertz CT molecular complexity index is 2400. The summed E-state index contributed by atoms with van der Waals surface area (Å²) in [5.41, 5.74) is 13.9. The predicted octanol–water partition coefficient (Wildman–Crippen LogP) is 12.6. The van der Waals surface area contributed by atoms with Crippen molar-refractivity contribution in [2.75, 3.05) is 0 Å². The average molecular weight is 800 g/mol. The summed E-state index contributed by atoms with van der Waals surface area (Å²) >= 11 is -3.98. The molecule has 0 heterocycles. The van der Waals surface area contributed by atoms with Crippen molar-refractivity contribution in [3.63, 3.8) is 0 Å². The summed E-state index contributed by atoms with van der Waals surface area (Å²) in [6.45, 7) is 14.3. The van der Waals surface area contributed by atoms with Crippen LogP contribution in [0.25, 0.3) is 44.2 Å². The van der Waals surface area contributed by atoms with Gasteiger partial charge in [-0.05, 0) is 0 Å². The van der Waals surface area contributed by atoms with E-state index >= 15 is 0 Å². The number of fused-ring (bicyclic) bond motifs is 4. The number of allylic oxidation sites excluding steroid dienone is 4. The second kappa shape index (κ2) is 14.3. The molecule has 0 aliphatic heterocycles. The Morgan fingerprint density at radius 1 is 0.596 bits per heavy atom. The number of rotatable bonds is 5. The van der Waals surface area contributed by atoms with Gasteiger partial charge in [0.25, 0.3) is 0 Å². The summed E-state index contributed by atoms with van der Waals surface area (Å²) < 4.78 is 10.2. The third-order valence-corrected chi connectivity index (χ3v) is 21.5. The molecule has 0 N–H and O–H groups in total. The van der Waals surface area contributed by atoms with Crippen molar-refractivity contribution >= 4 is 46.3 Å². The molecule has 1 atom stereocenters. The van der Waals surface area contributed by atoms with Crippen LogP contribution in [-0.4, -0.2) is 4.21 Å². The van der Waals surface area contributed by atoms with Crippen LogP contribution in [0.1, 0.15) is 70.2 Å². The van der Waals surface area contributed by atoms with Crippen molar-refractivity contribution < 1.29 is 19.8 Å². The first-order valence-electron chi connectivity index (χ1n) is 18.2. The zero-order valence-corrected chi connectivity index (χ0v) is 35.3. The molecule has 0 aromatic heterocycles. The van der Waals surface area contributed by atoms with Crippen LogP contribution in [0.2, 0.25) is 0 Å². The Hall–Kier alpha value is -3.61. The maximum atomic E-state index is 5.62. The van der Waals surface area contributed by atoms with Crippen LogP contribution in [0.3, 0.4) is 0 Å². The molecule has 0 radical (unpaired) electrons. The van der Waals surface area contributed by atoms with E-state index in [9.17, 15) is 0 Å². The third kappa shape index (κ3) is 6.38. The van der Waals surface area contributed by atoms with Crippen molar-refractivity contribution in [2.24, 2.45) is 0 Å². The van der Waals surface area contributed by atoms with Crippen LogP contribution in [-0.2, 0) is 37.0 Å². The Kier molecular flexibility index (Phi) is 10.5. The molecule has 0 bridgehead atoms. The van der Waals surface area contributed by atoms with E-state index in [1.807, 2.05) is 0 Å². The first kappa shape index (κ1) is 38.1. The zero-order chi connectivity index (χ0) is 34.8. The molecule has 0 saturated carbocycles. The quantitative estimate of drug-likeness (QED) is 0.163. The predicted molar refractivity (Wildman–Crippen MR) is 230 cm³/mol. The minimum atomic E-state index is -3.98. The molecule has 52 heavy (non-hydrogen) atoms. The molecule has 263 valence electrons. The number of halogens is 2. The molecule has 0 fully saturated rings. The first-order valence-corrected chi connectivity index (χ1v) is 23.6. The van der Waals surface area contributed by atoms with Crippen LogP contribution in [0.15, 0.2) is 143 Å². The molecule has 2 aliphatic rings. The molecule has 8 rings (SSSR count). The topological polar surface area (TPSA) is 0 Å². The number of hydrogen-bond donors (Lipinski definition) is 0. The van der Waals surface area contributed by atoms with Crippen molar-refractivity contribution in [2.45, 2.75) is 65.2 Å². The van der Waals surface area contributed by atoms with Crippen LogP contribution >= 0.6 is 24.8 Å². The van der Waals surface area contributed by atoms with Gasteiger partial charge in [0.2, 0.25) is 0 Å². The van der Waals surface area contributed by atoms with Crippen molar-refractivity contribution in [1.29, 1.82) is 0 Å². The van der Waals surface area contributed by atoms with Gasteiger partial charge in [-0.1, -0.05) is 0 Å². The summed E-state index contributed by atoms with van der Waals surface area (Å²) in [5.74, 6) is 0. The van der Waals surface area contributed by atoms with Crippen LogP contribution < -0.4 is 6.54 Å². The molecule has 2 aliphatic carbocycles. The van der Waals surface area contributed by atoms with Crippen molar-refractivity contribution in [3.8, 4) is 33.4 Å². The molecule has 6 aromatic rings. The van der Waals surface area contributed by atoms with Crippen LogP contribution in [0.5, 0.6) is 0 Å². The summed E-state index contributed by atoms with van der Waals surface area (Å²) in [6, 6.07) is 45.9. The monoisotopic (exact) mass is 797 g/mol. The van der Waals surface area contributed by atoms with E-state index in [0.717, 1.165) is 12.8 Å². The minimum absolute atomic E-state index is 0. The van der Waals surface area contributed by atoms with Gasteiger partial charge in [-0.2, -0.15) is 0 Å². The van der Waals surface area contributed by atoms with Gasteiger partial charge in [0, 0.05) is 0 Å². The summed E-state index contributed by atoms with van der Waals surface area (Å²) in [7, 11) is 0. The maximum absolute atomic E-state index is 5.62. The molecule has 0 amide bonds. The van der Waals surface area contributed by atoms with Crippen LogP contribution in [0.4, 0.5) is 0 Å². The van der Waals surface area contributed by atoms with Crippen LogP contribution in [0, 0.1) is 0 Å². The summed E-state index contributed by atoms with van der Waals surface area (Å²) in [4.78, 5) is 0. The normalized spacial score (nSPS) is 14.5. The van der Waals surface area contributed by atoms with Gasteiger partial charge >= 0.3 is 305 Å². The van der Waals surface area contributed by atoms with E-state index in [0.29, 0.717) is 0 Å². The van der Waals surface area contributed by atoms with Crippen molar-refractivity contribution in [3.05, 3.63) is 165 Å². The molecular weight excluding hydrogens is 751 g/mol. The number of hydrogen-bond acceptors (Lipinski definition) is 0. The van der Waals surface area contributed by atoms with E-state index in [4.69, 9.17) is 4.21 Å². The standard InChI is InChI=1S/C33H33.C10H7.C5H5.CH2.2ClH.Zr/c1-32(2,3)30-20-26-24(18-28(30)22-13-9-7-10-14-22)17-25-19-29(23-15-11-8-12-16-23)31(21-27(25)26)33(4,5)6;1-2-6-10-8-4-3-7-9(10)5-1;1-2-4-5-3-1;;;;/h7-16,18,20-21H,17H2,1-6H3;1-7H;1-3H,4H2;1H2;2*1H;. The second-order valence-electron chi connectivity index (χ2n) is 16.4. The van der Waals surface area contributed by atoms with E-state index in [2.05, 4.69) is 181 Å². The molecule has 0 spiro atoms. The van der Waals surface area contributed by atoms with E-state index < -0.39 is 19.8 Å². The Balaban J connectivity index is 0.00000232. The Labute approximate surface area is 327 Å². The SMILES string of the molecule is Cl.Cl.[CH2]=[Zr]([C]1=CC=CC1)([c]1c2c(cc(C(C)(C)C)c1-c1ccccc1)-c1cc(C(C)(C)C)c(-c3ccccc3)cc1C2)[c]1cccc2ccccc12. The van der Waals surface area contributed by atoms with Gasteiger partial charge in [0.1, 0.15) is 0 Å². The van der Waals surface area contributed by atoms with E-state index in [1.165, 1.54) is 69.7 Å². The number of benzene rings is 6. The van der Waals surface area contributed by atoms with Crippen molar-refractivity contribution in [1.82, 2.24) is 0 Å². The zero-order valence-electron chi connectivity index (χ0n) is 31.2. The molecule has 0 nitrogen and oxygen atoms in total. The van der Waals surface area contributed by atoms with Gasteiger partial charge in [-0.3, -0.25) is 0 Å². The molecular formula is C49H49Cl2Zr. The summed E-state index contributed by atoms with van der Waals surface area (Å²) in [6.07, 6.45) is 8.97. The second-order valence-corrected chi connectivity index (χ2v) is 25.0. The Morgan fingerprint density at radius 2 is 1.19 bits per heavy atom. The van der Waals surface area contributed by atoms with Gasteiger partial charge in [-0.15, -0.1) is 24.8 Å². The van der Waals surface area contributed by atoms with E-state index in [-0.39, 0.29) is 35.6 Å². The van der Waals surface area contributed by atoms with Gasteiger partial charge < -0.3 is 0 Å². The van der Waals surface area contributed by atoms with Gasteiger partial charge in [0.15, 0.2) is 0 Å². The molecule has 0 saturated heterocycles. The summed E-state index contributed by atoms with van der Waals surface area (Å²) in [5, 5.41) is 2.66. The fraction of sp³-hybridized carbons (Fsp3) is 0.204. The fourth-order valence-electron chi connectivity index (χ4n) is 8.65. The fourth-order valence-corrected chi connectivity index (χ4v) is 19.2.